The second-order valence-electron chi connectivity index (χ2n) is 5.45. The zero-order chi connectivity index (χ0) is 12.8. The molecule has 18 heavy (non-hydrogen) atoms. The molecule has 106 valence electrons. The van der Waals surface area contributed by atoms with Gasteiger partial charge in [-0.3, -0.25) is 0 Å². The first-order valence-electron chi connectivity index (χ1n) is 7.23. The number of hydrogen-bond donors (Lipinski definition) is 1. The number of rotatable bonds is 5. The molecule has 0 bridgehead atoms. The largest absolute Gasteiger partial charge is 0.393 e. The Morgan fingerprint density at radius 2 is 2.11 bits per heavy atom. The lowest BCUT2D eigenvalue weighted by molar-refractivity contribution is -0.158. The monoisotopic (exact) mass is 274 g/mol. The van der Waals surface area contributed by atoms with E-state index in [-0.39, 0.29) is 11.7 Å². The average Bonchev–Trinajstić information content (AvgIpc) is 2.40. The molecule has 2 atom stereocenters. The van der Waals surface area contributed by atoms with E-state index in [0.717, 1.165) is 63.4 Å². The summed E-state index contributed by atoms with van der Waals surface area (Å²) in [4.78, 5) is 0. The zero-order valence-electron chi connectivity index (χ0n) is 11.4. The van der Waals surface area contributed by atoms with Crippen molar-refractivity contribution in [2.75, 3.05) is 31.3 Å². The Morgan fingerprint density at radius 1 is 1.33 bits per heavy atom. The van der Waals surface area contributed by atoms with Crippen LogP contribution in [0.4, 0.5) is 0 Å². The first-order valence-corrected chi connectivity index (χ1v) is 8.39. The smallest absolute Gasteiger partial charge is 0.0730 e. The number of ether oxygens (including phenoxy) is 2. The van der Waals surface area contributed by atoms with Gasteiger partial charge in [-0.05, 0) is 49.5 Å². The van der Waals surface area contributed by atoms with Gasteiger partial charge >= 0.3 is 0 Å². The third kappa shape index (κ3) is 3.86. The van der Waals surface area contributed by atoms with E-state index in [1.54, 1.807) is 0 Å². The predicted octanol–water partition coefficient (Wildman–Crippen LogP) is 2.47. The SMILES string of the molecule is CCSCCC(O)C1CCOC2(CCOCC2)C1. The standard InChI is InChI=1S/C14H26O3S/c1-2-18-10-4-13(15)12-3-7-17-14(11-12)5-8-16-9-6-14/h12-13,15H,2-11H2,1H3. The van der Waals surface area contributed by atoms with Crippen LogP contribution in [0.3, 0.4) is 0 Å². The van der Waals surface area contributed by atoms with Crippen molar-refractivity contribution in [3.63, 3.8) is 0 Å². The summed E-state index contributed by atoms with van der Waals surface area (Å²) in [5.74, 6) is 2.64. The van der Waals surface area contributed by atoms with Crippen molar-refractivity contribution < 1.29 is 14.6 Å². The molecule has 2 saturated heterocycles. The molecule has 1 N–H and O–H groups in total. The molecule has 0 amide bonds. The highest BCUT2D eigenvalue weighted by Crippen LogP contribution is 2.38. The van der Waals surface area contributed by atoms with Crippen LogP contribution >= 0.6 is 11.8 Å². The van der Waals surface area contributed by atoms with E-state index in [0.29, 0.717) is 5.92 Å². The third-order valence-corrected chi connectivity index (χ3v) is 5.17. The molecule has 0 aromatic heterocycles. The molecule has 2 aliphatic rings. The lowest BCUT2D eigenvalue weighted by Crippen LogP contribution is -2.46. The minimum Gasteiger partial charge on any atom is -0.393 e. The fourth-order valence-electron chi connectivity index (χ4n) is 3.07. The van der Waals surface area contributed by atoms with Gasteiger partial charge in [0.1, 0.15) is 0 Å². The van der Waals surface area contributed by atoms with Gasteiger partial charge in [0.25, 0.3) is 0 Å². The van der Waals surface area contributed by atoms with Crippen molar-refractivity contribution in [3.05, 3.63) is 0 Å². The molecule has 4 heteroatoms. The maximum Gasteiger partial charge on any atom is 0.0730 e. The number of thioether (sulfide) groups is 1. The molecule has 0 radical (unpaired) electrons. The highest BCUT2D eigenvalue weighted by molar-refractivity contribution is 7.99. The summed E-state index contributed by atoms with van der Waals surface area (Å²) in [6.07, 6.45) is 4.82. The molecule has 0 aromatic carbocycles. The van der Waals surface area contributed by atoms with E-state index in [9.17, 15) is 5.11 Å². The van der Waals surface area contributed by atoms with Crippen LogP contribution in [0.15, 0.2) is 0 Å². The summed E-state index contributed by atoms with van der Waals surface area (Å²) < 4.78 is 11.4. The van der Waals surface area contributed by atoms with Gasteiger partial charge in [-0.15, -0.1) is 0 Å². The van der Waals surface area contributed by atoms with Gasteiger partial charge in [0.05, 0.1) is 11.7 Å². The van der Waals surface area contributed by atoms with Crippen molar-refractivity contribution in [3.8, 4) is 0 Å². The lowest BCUT2D eigenvalue weighted by Gasteiger charge is -2.44. The first-order chi connectivity index (χ1) is 8.76. The molecular formula is C14H26O3S. The number of hydrogen-bond acceptors (Lipinski definition) is 4. The Kier molecular flexibility index (Phi) is 5.80. The highest BCUT2D eigenvalue weighted by Gasteiger charge is 2.40. The summed E-state index contributed by atoms with van der Waals surface area (Å²) in [5.41, 5.74) is 0.0139. The van der Waals surface area contributed by atoms with Crippen LogP contribution in [-0.4, -0.2) is 48.1 Å². The Bertz CT molecular complexity index is 236. The third-order valence-electron chi connectivity index (χ3n) is 4.24. The zero-order valence-corrected chi connectivity index (χ0v) is 12.2. The molecule has 2 aliphatic heterocycles. The van der Waals surface area contributed by atoms with E-state index >= 15 is 0 Å². The Morgan fingerprint density at radius 3 is 2.83 bits per heavy atom. The van der Waals surface area contributed by atoms with Gasteiger partial charge < -0.3 is 14.6 Å². The average molecular weight is 274 g/mol. The van der Waals surface area contributed by atoms with Crippen molar-refractivity contribution in [2.24, 2.45) is 5.92 Å². The summed E-state index contributed by atoms with van der Waals surface area (Å²) in [5, 5.41) is 10.3. The van der Waals surface area contributed by atoms with Crippen LogP contribution in [0, 0.1) is 5.92 Å². The van der Waals surface area contributed by atoms with Crippen LogP contribution in [0.25, 0.3) is 0 Å². The normalized spacial score (nSPS) is 29.3. The molecule has 2 rings (SSSR count). The minimum atomic E-state index is -0.146. The van der Waals surface area contributed by atoms with Gasteiger partial charge in [0.2, 0.25) is 0 Å². The van der Waals surface area contributed by atoms with Crippen molar-refractivity contribution in [1.82, 2.24) is 0 Å². The highest BCUT2D eigenvalue weighted by atomic mass is 32.2. The minimum absolute atomic E-state index is 0.0139. The molecule has 0 saturated carbocycles. The summed E-state index contributed by atoms with van der Waals surface area (Å²) in [6.45, 7) is 4.61. The van der Waals surface area contributed by atoms with Crippen molar-refractivity contribution >= 4 is 11.8 Å². The van der Waals surface area contributed by atoms with Crippen LogP contribution in [-0.2, 0) is 9.47 Å². The second kappa shape index (κ2) is 7.13. The van der Waals surface area contributed by atoms with Gasteiger partial charge in [0.15, 0.2) is 0 Å². The first kappa shape index (κ1) is 14.6. The fourth-order valence-corrected chi connectivity index (χ4v) is 3.77. The maximum absolute atomic E-state index is 10.3. The molecule has 0 aliphatic carbocycles. The quantitative estimate of drug-likeness (QED) is 0.782. The van der Waals surface area contributed by atoms with Gasteiger partial charge in [-0.25, -0.2) is 0 Å². The van der Waals surface area contributed by atoms with Crippen LogP contribution in [0.1, 0.15) is 39.0 Å². The molecule has 2 heterocycles. The van der Waals surface area contributed by atoms with E-state index < -0.39 is 0 Å². The van der Waals surface area contributed by atoms with Gasteiger partial charge in [0, 0.05) is 19.8 Å². The van der Waals surface area contributed by atoms with Gasteiger partial charge in [-0.1, -0.05) is 6.92 Å². The summed E-state index contributed by atoms with van der Waals surface area (Å²) in [7, 11) is 0. The molecular weight excluding hydrogens is 248 g/mol. The Hall–Kier alpha value is 0.230. The number of aliphatic hydroxyl groups is 1. The van der Waals surface area contributed by atoms with E-state index in [2.05, 4.69) is 6.92 Å². The second-order valence-corrected chi connectivity index (χ2v) is 6.84. The van der Waals surface area contributed by atoms with Crippen LogP contribution in [0.2, 0.25) is 0 Å². The fraction of sp³-hybridized carbons (Fsp3) is 1.00. The number of aliphatic hydroxyl groups excluding tert-OH is 1. The van der Waals surface area contributed by atoms with Crippen molar-refractivity contribution in [2.45, 2.75) is 50.7 Å². The molecule has 1 spiro atoms. The van der Waals surface area contributed by atoms with Crippen LogP contribution < -0.4 is 0 Å². The van der Waals surface area contributed by atoms with E-state index in [4.69, 9.17) is 9.47 Å². The van der Waals surface area contributed by atoms with E-state index in [1.807, 2.05) is 11.8 Å². The maximum atomic E-state index is 10.3. The van der Waals surface area contributed by atoms with E-state index in [1.165, 1.54) is 0 Å². The predicted molar refractivity (Wildman–Crippen MR) is 75.1 cm³/mol. The summed E-state index contributed by atoms with van der Waals surface area (Å²) in [6, 6.07) is 0. The Balaban J connectivity index is 1.81. The summed E-state index contributed by atoms with van der Waals surface area (Å²) >= 11 is 1.92. The van der Waals surface area contributed by atoms with Crippen LogP contribution in [0.5, 0.6) is 0 Å². The lowest BCUT2D eigenvalue weighted by atomic mass is 9.78. The van der Waals surface area contributed by atoms with Gasteiger partial charge in [-0.2, -0.15) is 11.8 Å². The molecule has 0 aromatic rings. The Labute approximate surface area is 115 Å². The molecule has 2 unspecified atom stereocenters. The molecule has 2 fully saturated rings. The van der Waals surface area contributed by atoms with Crippen molar-refractivity contribution in [1.29, 1.82) is 0 Å². The molecule has 3 nitrogen and oxygen atoms in total. The topological polar surface area (TPSA) is 38.7 Å².